The zero-order valence-electron chi connectivity index (χ0n) is 11.6. The Bertz CT molecular complexity index is 410. The Kier molecular flexibility index (Phi) is 4.71. The number of aromatic nitrogens is 2. The Labute approximate surface area is 114 Å². The van der Waals surface area contributed by atoms with Crippen LogP contribution < -0.4 is 10.6 Å². The van der Waals surface area contributed by atoms with Crippen LogP contribution in [0.5, 0.6) is 0 Å². The summed E-state index contributed by atoms with van der Waals surface area (Å²) in [7, 11) is 0. The van der Waals surface area contributed by atoms with E-state index in [0.29, 0.717) is 11.7 Å². The quantitative estimate of drug-likeness (QED) is 0.874. The van der Waals surface area contributed by atoms with E-state index in [1.54, 1.807) is 6.20 Å². The summed E-state index contributed by atoms with van der Waals surface area (Å²) in [6.07, 6.45) is 9.44. The van der Waals surface area contributed by atoms with Gasteiger partial charge in [0.15, 0.2) is 0 Å². The Hall–Kier alpha value is -1.65. The van der Waals surface area contributed by atoms with Crippen molar-refractivity contribution in [3.63, 3.8) is 0 Å². The monoisotopic (exact) mass is 262 g/mol. The van der Waals surface area contributed by atoms with Crippen molar-refractivity contribution in [3.05, 3.63) is 18.1 Å². The highest BCUT2D eigenvalue weighted by Crippen LogP contribution is 2.20. The van der Waals surface area contributed by atoms with Crippen LogP contribution in [-0.2, 0) is 0 Å². The van der Waals surface area contributed by atoms with Gasteiger partial charge < -0.3 is 10.6 Å². The van der Waals surface area contributed by atoms with Crippen LogP contribution >= 0.6 is 0 Å². The van der Waals surface area contributed by atoms with E-state index >= 15 is 0 Å². The van der Waals surface area contributed by atoms with Crippen molar-refractivity contribution in [2.24, 2.45) is 0 Å². The molecule has 1 aliphatic rings. The molecule has 0 atom stereocenters. The van der Waals surface area contributed by atoms with Crippen molar-refractivity contribution >= 4 is 11.7 Å². The van der Waals surface area contributed by atoms with Gasteiger partial charge in [0.05, 0.1) is 12.4 Å². The SMILES string of the molecule is CC(C)NC(=O)c1cnc(NC2CCCCC2)cn1. The van der Waals surface area contributed by atoms with Gasteiger partial charge in [0.25, 0.3) is 5.91 Å². The van der Waals surface area contributed by atoms with E-state index < -0.39 is 0 Å². The van der Waals surface area contributed by atoms with Crippen LogP contribution in [0.3, 0.4) is 0 Å². The van der Waals surface area contributed by atoms with Gasteiger partial charge in [0, 0.05) is 12.1 Å². The molecule has 1 heterocycles. The Balaban J connectivity index is 1.92. The van der Waals surface area contributed by atoms with Crippen molar-refractivity contribution in [3.8, 4) is 0 Å². The molecule has 0 aliphatic heterocycles. The molecule has 2 N–H and O–H groups in total. The van der Waals surface area contributed by atoms with Crippen LogP contribution in [0.25, 0.3) is 0 Å². The van der Waals surface area contributed by atoms with E-state index in [0.717, 1.165) is 5.82 Å². The lowest BCUT2D eigenvalue weighted by atomic mass is 9.96. The number of carbonyl (C=O) groups excluding carboxylic acids is 1. The van der Waals surface area contributed by atoms with Gasteiger partial charge in [0.1, 0.15) is 11.5 Å². The number of rotatable bonds is 4. The van der Waals surface area contributed by atoms with Crippen molar-refractivity contribution in [2.45, 2.75) is 58.0 Å². The minimum atomic E-state index is -0.174. The Morgan fingerprint density at radius 3 is 2.53 bits per heavy atom. The van der Waals surface area contributed by atoms with Gasteiger partial charge in [-0.05, 0) is 26.7 Å². The molecular formula is C14H22N4O. The topological polar surface area (TPSA) is 66.9 Å². The van der Waals surface area contributed by atoms with Crippen LogP contribution in [0, 0.1) is 0 Å². The van der Waals surface area contributed by atoms with Gasteiger partial charge in [-0.1, -0.05) is 19.3 Å². The number of amides is 1. The van der Waals surface area contributed by atoms with Crippen LogP contribution in [0.15, 0.2) is 12.4 Å². The van der Waals surface area contributed by atoms with Crippen molar-refractivity contribution in [1.29, 1.82) is 0 Å². The lowest BCUT2D eigenvalue weighted by Gasteiger charge is -2.23. The molecule has 1 aromatic heterocycles. The van der Waals surface area contributed by atoms with Crippen LogP contribution in [0.4, 0.5) is 5.82 Å². The molecule has 0 spiro atoms. The second-order valence-corrected chi connectivity index (χ2v) is 5.39. The fraction of sp³-hybridized carbons (Fsp3) is 0.643. The Morgan fingerprint density at radius 2 is 1.95 bits per heavy atom. The number of nitrogens with one attached hydrogen (secondary N) is 2. The van der Waals surface area contributed by atoms with E-state index in [1.165, 1.54) is 38.3 Å². The van der Waals surface area contributed by atoms with Gasteiger partial charge in [0.2, 0.25) is 0 Å². The molecule has 5 nitrogen and oxygen atoms in total. The molecule has 1 aliphatic carbocycles. The molecule has 19 heavy (non-hydrogen) atoms. The number of carbonyl (C=O) groups is 1. The first-order valence-electron chi connectivity index (χ1n) is 7.04. The second kappa shape index (κ2) is 6.50. The molecular weight excluding hydrogens is 240 g/mol. The summed E-state index contributed by atoms with van der Waals surface area (Å²) in [4.78, 5) is 20.1. The maximum atomic E-state index is 11.7. The average Bonchev–Trinajstić information content (AvgIpc) is 2.40. The third-order valence-corrected chi connectivity index (χ3v) is 3.26. The smallest absolute Gasteiger partial charge is 0.271 e. The van der Waals surface area contributed by atoms with Gasteiger partial charge in [-0.25, -0.2) is 9.97 Å². The van der Waals surface area contributed by atoms with Gasteiger partial charge in [-0.3, -0.25) is 4.79 Å². The van der Waals surface area contributed by atoms with E-state index in [9.17, 15) is 4.79 Å². The van der Waals surface area contributed by atoms with Gasteiger partial charge in [-0.15, -0.1) is 0 Å². The molecule has 0 bridgehead atoms. The van der Waals surface area contributed by atoms with Crippen LogP contribution in [0.2, 0.25) is 0 Å². The summed E-state index contributed by atoms with van der Waals surface area (Å²) in [5.41, 5.74) is 0.364. The average molecular weight is 262 g/mol. The summed E-state index contributed by atoms with van der Waals surface area (Å²) < 4.78 is 0. The van der Waals surface area contributed by atoms with Crippen LogP contribution in [0.1, 0.15) is 56.4 Å². The molecule has 1 amide bonds. The highest BCUT2D eigenvalue weighted by molar-refractivity contribution is 5.92. The predicted octanol–water partition coefficient (Wildman–Crippen LogP) is 2.36. The first-order chi connectivity index (χ1) is 9.15. The van der Waals surface area contributed by atoms with Gasteiger partial charge >= 0.3 is 0 Å². The maximum Gasteiger partial charge on any atom is 0.271 e. The summed E-state index contributed by atoms with van der Waals surface area (Å²) in [5, 5.41) is 6.18. The second-order valence-electron chi connectivity index (χ2n) is 5.39. The van der Waals surface area contributed by atoms with Crippen LogP contribution in [-0.4, -0.2) is 28.0 Å². The van der Waals surface area contributed by atoms with Crippen molar-refractivity contribution in [2.75, 3.05) is 5.32 Å². The number of hydrogen-bond acceptors (Lipinski definition) is 4. The van der Waals surface area contributed by atoms with E-state index in [-0.39, 0.29) is 11.9 Å². The predicted molar refractivity (Wildman–Crippen MR) is 75.1 cm³/mol. The zero-order valence-corrected chi connectivity index (χ0v) is 11.6. The highest BCUT2D eigenvalue weighted by atomic mass is 16.1. The summed E-state index contributed by atoms with van der Waals surface area (Å²) in [6, 6.07) is 0.604. The van der Waals surface area contributed by atoms with E-state index in [2.05, 4.69) is 20.6 Å². The lowest BCUT2D eigenvalue weighted by Crippen LogP contribution is -2.31. The first kappa shape index (κ1) is 13.8. The number of anilines is 1. The van der Waals surface area contributed by atoms with Crippen molar-refractivity contribution in [1.82, 2.24) is 15.3 Å². The first-order valence-corrected chi connectivity index (χ1v) is 7.04. The third-order valence-electron chi connectivity index (χ3n) is 3.26. The number of nitrogens with zero attached hydrogens (tertiary/aromatic N) is 2. The molecule has 0 unspecified atom stereocenters. The summed E-state index contributed by atoms with van der Waals surface area (Å²) in [6.45, 7) is 3.84. The molecule has 1 aromatic rings. The normalized spacial score (nSPS) is 16.4. The van der Waals surface area contributed by atoms with Gasteiger partial charge in [-0.2, -0.15) is 0 Å². The highest BCUT2D eigenvalue weighted by Gasteiger charge is 2.14. The molecule has 1 fully saturated rings. The fourth-order valence-corrected chi connectivity index (χ4v) is 2.31. The minimum absolute atomic E-state index is 0.106. The zero-order chi connectivity index (χ0) is 13.7. The summed E-state index contributed by atoms with van der Waals surface area (Å²) >= 11 is 0. The minimum Gasteiger partial charge on any atom is -0.366 e. The largest absolute Gasteiger partial charge is 0.366 e. The Morgan fingerprint density at radius 1 is 1.21 bits per heavy atom. The lowest BCUT2D eigenvalue weighted by molar-refractivity contribution is 0.0937. The molecule has 0 aromatic carbocycles. The third kappa shape index (κ3) is 4.19. The molecule has 0 saturated heterocycles. The van der Waals surface area contributed by atoms with E-state index in [1.807, 2.05) is 13.8 Å². The molecule has 5 heteroatoms. The summed E-state index contributed by atoms with van der Waals surface area (Å²) in [5.74, 6) is 0.583. The van der Waals surface area contributed by atoms with Crippen molar-refractivity contribution < 1.29 is 4.79 Å². The molecule has 2 rings (SSSR count). The maximum absolute atomic E-state index is 11.7. The fourth-order valence-electron chi connectivity index (χ4n) is 2.31. The molecule has 104 valence electrons. The molecule has 1 saturated carbocycles. The van der Waals surface area contributed by atoms with E-state index in [4.69, 9.17) is 0 Å². The number of hydrogen-bond donors (Lipinski definition) is 2. The molecule has 0 radical (unpaired) electrons. The standard InChI is InChI=1S/C14H22N4O/c1-10(2)17-14(19)12-8-16-13(9-15-12)18-11-6-4-3-5-7-11/h8-11H,3-7H2,1-2H3,(H,16,18)(H,17,19).